The Morgan fingerprint density at radius 3 is 2.90 bits per heavy atom. The van der Waals surface area contributed by atoms with Crippen LogP contribution < -0.4 is 10.1 Å². The third-order valence-corrected chi connectivity index (χ3v) is 2.97. The van der Waals surface area contributed by atoms with Crippen LogP contribution in [0, 0.1) is 0 Å². The van der Waals surface area contributed by atoms with Crippen molar-refractivity contribution in [3.63, 3.8) is 0 Å². The fourth-order valence-corrected chi connectivity index (χ4v) is 1.93. The van der Waals surface area contributed by atoms with Crippen molar-refractivity contribution in [1.29, 1.82) is 0 Å². The van der Waals surface area contributed by atoms with E-state index < -0.39 is 0 Å². The Kier molecular flexibility index (Phi) is 5.52. The van der Waals surface area contributed by atoms with Crippen LogP contribution in [0.2, 0.25) is 0 Å². The van der Waals surface area contributed by atoms with E-state index in [1.165, 1.54) is 0 Å². The van der Waals surface area contributed by atoms with Crippen molar-refractivity contribution in [3.8, 4) is 5.75 Å². The average molecular weight is 276 g/mol. The van der Waals surface area contributed by atoms with Gasteiger partial charge in [-0.15, -0.1) is 0 Å². The zero-order valence-corrected chi connectivity index (χ0v) is 11.9. The molecular formula is C14H20N4O2. The lowest BCUT2D eigenvalue weighted by molar-refractivity contribution is 0.198. The molecule has 1 aromatic carbocycles. The van der Waals surface area contributed by atoms with Crippen LogP contribution in [0.1, 0.15) is 11.4 Å². The van der Waals surface area contributed by atoms with E-state index in [4.69, 9.17) is 9.47 Å². The molecule has 108 valence electrons. The number of nitrogens with zero attached hydrogens (tertiary/aromatic N) is 3. The van der Waals surface area contributed by atoms with Crippen LogP contribution in [-0.4, -0.2) is 42.1 Å². The predicted octanol–water partition coefficient (Wildman–Crippen LogP) is 1.07. The van der Waals surface area contributed by atoms with E-state index in [2.05, 4.69) is 15.4 Å². The Bertz CT molecular complexity index is 527. The standard InChI is InChI=1S/C14H20N4O2/c1-19-8-7-15-9-14-16-11-17-18(14)10-12-5-3-4-6-13(12)20-2/h3-6,11,15H,7-10H2,1-2H3. The molecule has 6 heteroatoms. The first-order valence-corrected chi connectivity index (χ1v) is 6.53. The Morgan fingerprint density at radius 2 is 2.10 bits per heavy atom. The minimum Gasteiger partial charge on any atom is -0.496 e. The van der Waals surface area contributed by atoms with E-state index in [0.717, 1.165) is 23.7 Å². The fourth-order valence-electron chi connectivity index (χ4n) is 1.93. The monoisotopic (exact) mass is 276 g/mol. The van der Waals surface area contributed by atoms with Crippen LogP contribution in [0.4, 0.5) is 0 Å². The lowest BCUT2D eigenvalue weighted by atomic mass is 10.2. The van der Waals surface area contributed by atoms with Gasteiger partial charge >= 0.3 is 0 Å². The quantitative estimate of drug-likeness (QED) is 0.731. The molecule has 6 nitrogen and oxygen atoms in total. The highest BCUT2D eigenvalue weighted by Gasteiger charge is 2.07. The number of hydrogen-bond donors (Lipinski definition) is 1. The minimum atomic E-state index is 0.644. The van der Waals surface area contributed by atoms with E-state index in [9.17, 15) is 0 Å². The van der Waals surface area contributed by atoms with Gasteiger partial charge in [-0.1, -0.05) is 18.2 Å². The number of aromatic nitrogens is 3. The summed E-state index contributed by atoms with van der Waals surface area (Å²) in [5, 5.41) is 7.53. The summed E-state index contributed by atoms with van der Waals surface area (Å²) < 4.78 is 12.2. The molecule has 0 aliphatic carbocycles. The van der Waals surface area contributed by atoms with Crippen molar-refractivity contribution >= 4 is 0 Å². The number of benzene rings is 1. The van der Waals surface area contributed by atoms with Crippen molar-refractivity contribution < 1.29 is 9.47 Å². The highest BCUT2D eigenvalue weighted by molar-refractivity contribution is 5.33. The summed E-state index contributed by atoms with van der Waals surface area (Å²) in [6.45, 7) is 2.78. The first-order valence-electron chi connectivity index (χ1n) is 6.53. The molecule has 0 fully saturated rings. The molecule has 2 rings (SSSR count). The summed E-state index contributed by atoms with van der Waals surface area (Å²) in [7, 11) is 3.36. The summed E-state index contributed by atoms with van der Waals surface area (Å²) in [5.74, 6) is 1.76. The van der Waals surface area contributed by atoms with E-state index in [1.54, 1.807) is 20.5 Å². The SMILES string of the molecule is COCCNCc1ncnn1Cc1ccccc1OC. The summed E-state index contributed by atoms with van der Waals surface area (Å²) >= 11 is 0. The van der Waals surface area contributed by atoms with Crippen molar-refractivity contribution in [2.24, 2.45) is 0 Å². The number of rotatable bonds is 8. The van der Waals surface area contributed by atoms with Crippen LogP contribution in [0.25, 0.3) is 0 Å². The average Bonchev–Trinajstić information content (AvgIpc) is 2.91. The van der Waals surface area contributed by atoms with Gasteiger partial charge in [0, 0.05) is 19.2 Å². The van der Waals surface area contributed by atoms with Gasteiger partial charge < -0.3 is 14.8 Å². The summed E-state index contributed by atoms with van der Waals surface area (Å²) in [4.78, 5) is 4.27. The van der Waals surface area contributed by atoms with Gasteiger partial charge in [0.1, 0.15) is 17.9 Å². The molecule has 20 heavy (non-hydrogen) atoms. The maximum absolute atomic E-state index is 5.35. The van der Waals surface area contributed by atoms with Crippen molar-refractivity contribution in [2.75, 3.05) is 27.4 Å². The lowest BCUT2D eigenvalue weighted by Crippen LogP contribution is -2.21. The number of nitrogens with one attached hydrogen (secondary N) is 1. The summed E-state index contributed by atoms with van der Waals surface area (Å²) in [5.41, 5.74) is 1.08. The molecule has 1 N–H and O–H groups in total. The number of methoxy groups -OCH3 is 2. The molecule has 0 aliphatic rings. The molecule has 0 unspecified atom stereocenters. The van der Waals surface area contributed by atoms with Crippen molar-refractivity contribution in [2.45, 2.75) is 13.1 Å². The van der Waals surface area contributed by atoms with Crippen LogP contribution in [0.3, 0.4) is 0 Å². The van der Waals surface area contributed by atoms with Gasteiger partial charge in [-0.2, -0.15) is 5.10 Å². The first kappa shape index (κ1) is 14.5. The van der Waals surface area contributed by atoms with E-state index in [-0.39, 0.29) is 0 Å². The maximum atomic E-state index is 5.35. The van der Waals surface area contributed by atoms with Gasteiger partial charge in [0.15, 0.2) is 0 Å². The van der Waals surface area contributed by atoms with Crippen molar-refractivity contribution in [3.05, 3.63) is 42.0 Å². The molecule has 0 saturated carbocycles. The van der Waals surface area contributed by atoms with Gasteiger partial charge in [0.05, 0.1) is 26.8 Å². The van der Waals surface area contributed by atoms with E-state index in [0.29, 0.717) is 19.7 Å². The third kappa shape index (κ3) is 3.79. The smallest absolute Gasteiger partial charge is 0.141 e. The lowest BCUT2D eigenvalue weighted by Gasteiger charge is -2.10. The van der Waals surface area contributed by atoms with Crippen LogP contribution in [-0.2, 0) is 17.8 Å². The summed E-state index contributed by atoms with van der Waals surface area (Å²) in [6, 6.07) is 7.92. The topological polar surface area (TPSA) is 61.2 Å². The van der Waals surface area contributed by atoms with E-state index >= 15 is 0 Å². The van der Waals surface area contributed by atoms with Crippen LogP contribution >= 0.6 is 0 Å². The van der Waals surface area contributed by atoms with Crippen molar-refractivity contribution in [1.82, 2.24) is 20.1 Å². The Labute approximate surface area is 118 Å². The van der Waals surface area contributed by atoms with E-state index in [1.807, 2.05) is 28.9 Å². The zero-order valence-electron chi connectivity index (χ0n) is 11.9. The minimum absolute atomic E-state index is 0.644. The Balaban J connectivity index is 2.01. The molecule has 2 aromatic rings. The largest absolute Gasteiger partial charge is 0.496 e. The molecule has 0 aliphatic heterocycles. The second kappa shape index (κ2) is 7.62. The molecule has 1 aromatic heterocycles. The molecule has 1 heterocycles. The molecule has 0 saturated heterocycles. The fraction of sp³-hybridized carbons (Fsp3) is 0.429. The van der Waals surface area contributed by atoms with Gasteiger partial charge in [0.2, 0.25) is 0 Å². The van der Waals surface area contributed by atoms with Crippen LogP contribution in [0.15, 0.2) is 30.6 Å². The van der Waals surface area contributed by atoms with Gasteiger partial charge in [-0.3, -0.25) is 0 Å². The molecule has 0 atom stereocenters. The molecule has 0 spiro atoms. The number of hydrogen-bond acceptors (Lipinski definition) is 5. The van der Waals surface area contributed by atoms with Gasteiger partial charge in [0.25, 0.3) is 0 Å². The van der Waals surface area contributed by atoms with Gasteiger partial charge in [-0.25, -0.2) is 9.67 Å². The highest BCUT2D eigenvalue weighted by atomic mass is 16.5. The maximum Gasteiger partial charge on any atom is 0.141 e. The highest BCUT2D eigenvalue weighted by Crippen LogP contribution is 2.18. The Morgan fingerprint density at radius 1 is 1.25 bits per heavy atom. The molecule has 0 bridgehead atoms. The zero-order chi connectivity index (χ0) is 14.2. The normalized spacial score (nSPS) is 10.7. The first-order chi connectivity index (χ1) is 9.85. The van der Waals surface area contributed by atoms with Gasteiger partial charge in [-0.05, 0) is 6.07 Å². The molecule has 0 amide bonds. The molecular weight excluding hydrogens is 256 g/mol. The number of ether oxygens (including phenoxy) is 2. The summed E-state index contributed by atoms with van der Waals surface area (Å²) in [6.07, 6.45) is 1.57. The Hall–Kier alpha value is -1.92. The second-order valence-corrected chi connectivity index (χ2v) is 4.32. The second-order valence-electron chi connectivity index (χ2n) is 4.32. The third-order valence-electron chi connectivity index (χ3n) is 2.97. The predicted molar refractivity (Wildman–Crippen MR) is 75.7 cm³/mol. The van der Waals surface area contributed by atoms with Crippen LogP contribution in [0.5, 0.6) is 5.75 Å². The molecule has 0 radical (unpaired) electrons. The number of para-hydroxylation sites is 1.